The van der Waals surface area contributed by atoms with E-state index in [1.165, 1.54) is 51.9 Å². The molecule has 0 amide bonds. The van der Waals surface area contributed by atoms with Crippen molar-refractivity contribution < 1.29 is 16.8 Å². The summed E-state index contributed by atoms with van der Waals surface area (Å²) in [7, 11) is -2.11. The largest absolute Gasteiger partial charge is 0.383 e. The van der Waals surface area contributed by atoms with Gasteiger partial charge in [0.1, 0.15) is 17.5 Å². The van der Waals surface area contributed by atoms with E-state index in [9.17, 15) is 16.8 Å². The predicted molar refractivity (Wildman–Crippen MR) is 265 cm³/mol. The predicted octanol–water partition coefficient (Wildman–Crippen LogP) is 8.25. The smallest absolute Gasteiger partial charge is 0.261 e. The Kier molecular flexibility index (Phi) is 17.7. The Morgan fingerprint density at radius 1 is 0.492 bits per heavy atom. The normalized spacial score (nSPS) is 11.6. The van der Waals surface area contributed by atoms with E-state index >= 15 is 0 Å². The van der Waals surface area contributed by atoms with Gasteiger partial charge in [-0.15, -0.1) is 0 Å². The molecule has 348 valence electrons. The number of primary sulfonamides is 1. The number of aryl methyl sites for hydroxylation is 3. The standard InChI is InChI=1S/C14H17ClN4O2S2.C14H19N5O2S2.C14H18N4S/c1-7(2)9-4-8(3)12(23(15,20)21)5-10(9)22-11-6-18-14(17)19-13(11)16;1-7(2)9-4-8(3)12(23(17,20)21)5-10(9)22-11-6-18-14(16)19-13(11)15;1-8(2)10-6-9(3)4-5-11(10)19-12-7-17-14(16)18-13(12)15/h4-7H,1-3H3,(H4,16,17,18,19);4-7H,1-3H3,(H2,17,20,21)(H4,15,16,18,19);4-8H,1-3H3,(H4,15,16,17,18). The van der Waals surface area contributed by atoms with Crippen LogP contribution in [0.15, 0.2) is 100 Å². The first-order valence-electron chi connectivity index (χ1n) is 19.7. The van der Waals surface area contributed by atoms with E-state index in [1.54, 1.807) is 43.9 Å². The summed E-state index contributed by atoms with van der Waals surface area (Å²) in [6, 6.07) is 13.2. The van der Waals surface area contributed by atoms with Crippen molar-refractivity contribution in [3.63, 3.8) is 0 Å². The van der Waals surface area contributed by atoms with Crippen LogP contribution in [0, 0.1) is 20.8 Å². The van der Waals surface area contributed by atoms with Gasteiger partial charge in [-0.2, -0.15) is 15.0 Å². The molecule has 0 fully saturated rings. The molecule has 17 nitrogen and oxygen atoms in total. The van der Waals surface area contributed by atoms with E-state index in [4.69, 9.17) is 50.2 Å². The summed E-state index contributed by atoms with van der Waals surface area (Å²) in [5.41, 5.74) is 39.8. The molecule has 65 heavy (non-hydrogen) atoms. The third-order valence-electron chi connectivity index (χ3n) is 9.28. The zero-order valence-electron chi connectivity index (χ0n) is 37.3. The van der Waals surface area contributed by atoms with E-state index < -0.39 is 19.1 Å². The Bertz CT molecular complexity index is 2780. The van der Waals surface area contributed by atoms with E-state index in [0.717, 1.165) is 25.8 Å². The minimum atomic E-state index is -3.83. The fraction of sp³-hybridized carbons (Fsp3) is 0.286. The summed E-state index contributed by atoms with van der Waals surface area (Å²) in [6.45, 7) is 18.0. The minimum absolute atomic E-state index is 0.0843. The summed E-state index contributed by atoms with van der Waals surface area (Å²) in [4.78, 5) is 28.5. The quantitative estimate of drug-likeness (QED) is 0.0600. The van der Waals surface area contributed by atoms with Gasteiger partial charge in [-0.3, -0.25) is 0 Å². The molecule has 6 rings (SSSR count). The van der Waals surface area contributed by atoms with Crippen LogP contribution >= 0.6 is 46.0 Å². The fourth-order valence-electron chi connectivity index (χ4n) is 6.03. The third-order valence-corrected chi connectivity index (χ3v) is 15.1. The molecule has 0 atom stereocenters. The number of anilines is 6. The number of nitrogen functional groups attached to an aromatic ring is 6. The lowest BCUT2D eigenvalue weighted by Gasteiger charge is -2.16. The van der Waals surface area contributed by atoms with Crippen LogP contribution in [0.1, 0.15) is 92.7 Å². The summed E-state index contributed by atoms with van der Waals surface area (Å²) >= 11 is 4.16. The third kappa shape index (κ3) is 14.4. The van der Waals surface area contributed by atoms with Crippen molar-refractivity contribution in [2.45, 2.75) is 119 Å². The Labute approximate surface area is 397 Å². The second-order valence-electron chi connectivity index (χ2n) is 15.5. The second kappa shape index (κ2) is 21.9. The highest BCUT2D eigenvalue weighted by Gasteiger charge is 2.21. The van der Waals surface area contributed by atoms with E-state index in [2.05, 4.69) is 68.9 Å². The van der Waals surface area contributed by atoms with Crippen molar-refractivity contribution in [2.75, 3.05) is 34.4 Å². The SMILES string of the molecule is Cc1cc(C(C)C)c(Sc2cnc(N)nc2N)cc1S(=O)(=O)Cl.Cc1cc(C(C)C)c(Sc2cnc(N)nc2N)cc1S(N)(=O)=O.Cc1ccc(Sc2cnc(N)nc2N)c(C(C)C)c1. The Morgan fingerprint density at radius 2 is 0.831 bits per heavy atom. The molecule has 0 aliphatic carbocycles. The average molecular weight is 1000 g/mol. The van der Waals surface area contributed by atoms with E-state index in [1.807, 2.05) is 39.8 Å². The molecule has 0 bridgehead atoms. The van der Waals surface area contributed by atoms with Gasteiger partial charge in [0.2, 0.25) is 27.9 Å². The van der Waals surface area contributed by atoms with Gasteiger partial charge >= 0.3 is 0 Å². The number of rotatable bonds is 11. The van der Waals surface area contributed by atoms with Crippen LogP contribution in [0.25, 0.3) is 0 Å². The highest BCUT2D eigenvalue weighted by atomic mass is 35.7. The number of nitrogens with two attached hydrogens (primary N) is 7. The lowest BCUT2D eigenvalue weighted by molar-refractivity contribution is 0.596. The maximum Gasteiger partial charge on any atom is 0.261 e. The van der Waals surface area contributed by atoms with Crippen LogP contribution in [-0.2, 0) is 19.1 Å². The van der Waals surface area contributed by atoms with Crippen molar-refractivity contribution in [1.29, 1.82) is 0 Å². The Hall–Kier alpha value is -5.10. The van der Waals surface area contributed by atoms with Gasteiger partial charge in [0.15, 0.2) is 0 Å². The fourth-order valence-corrected chi connectivity index (χ4v) is 11.4. The van der Waals surface area contributed by atoms with E-state index in [0.29, 0.717) is 32.7 Å². The van der Waals surface area contributed by atoms with E-state index in [-0.39, 0.29) is 51.1 Å². The van der Waals surface area contributed by atoms with Crippen molar-refractivity contribution in [1.82, 2.24) is 29.9 Å². The molecule has 3 aromatic heterocycles. The average Bonchev–Trinajstić information content (AvgIpc) is 3.19. The Morgan fingerprint density at radius 3 is 1.17 bits per heavy atom. The maximum atomic E-state index is 11.8. The molecule has 0 saturated carbocycles. The van der Waals surface area contributed by atoms with Crippen LogP contribution in [-0.4, -0.2) is 46.7 Å². The molecular formula is C42H54ClN13O4S5. The van der Waals surface area contributed by atoms with Gasteiger partial charge in [-0.25, -0.2) is 36.9 Å². The second-order valence-corrected chi connectivity index (χ2v) is 22.9. The van der Waals surface area contributed by atoms with Crippen molar-refractivity contribution in [3.05, 3.63) is 94.4 Å². The van der Waals surface area contributed by atoms with Crippen LogP contribution in [0.2, 0.25) is 0 Å². The number of nitrogens with zero attached hydrogens (tertiary/aromatic N) is 6. The molecule has 3 heterocycles. The van der Waals surface area contributed by atoms with Crippen molar-refractivity contribution in [3.8, 4) is 0 Å². The zero-order chi connectivity index (χ0) is 48.7. The first-order valence-corrected chi connectivity index (χ1v) is 26.0. The van der Waals surface area contributed by atoms with Gasteiger partial charge in [-0.1, -0.05) is 107 Å². The van der Waals surface area contributed by atoms with Crippen LogP contribution < -0.4 is 39.5 Å². The zero-order valence-corrected chi connectivity index (χ0v) is 42.1. The molecule has 6 aromatic rings. The van der Waals surface area contributed by atoms with Gasteiger partial charge in [0, 0.05) is 44.0 Å². The maximum absolute atomic E-state index is 11.8. The van der Waals surface area contributed by atoms with Crippen molar-refractivity contribution >= 4 is 100 Å². The molecule has 0 unspecified atom stereocenters. The van der Waals surface area contributed by atoms with Crippen LogP contribution in [0.3, 0.4) is 0 Å². The number of sulfonamides is 1. The number of benzene rings is 3. The molecular weight excluding hydrogens is 946 g/mol. The highest BCUT2D eigenvalue weighted by Crippen LogP contribution is 2.41. The topological polar surface area (TPSA) is 328 Å². The lowest BCUT2D eigenvalue weighted by atomic mass is 10.0. The number of halogens is 1. The van der Waals surface area contributed by atoms with Gasteiger partial charge in [-0.05, 0) is 84.5 Å². The molecule has 3 aromatic carbocycles. The first-order chi connectivity index (χ1) is 30.2. The van der Waals surface area contributed by atoms with Gasteiger partial charge in [0.05, 0.1) is 24.5 Å². The molecule has 14 N–H and O–H groups in total. The number of aromatic nitrogens is 6. The minimum Gasteiger partial charge on any atom is -0.383 e. The summed E-state index contributed by atoms with van der Waals surface area (Å²) in [5.74, 6) is 2.14. The van der Waals surface area contributed by atoms with Crippen LogP contribution in [0.5, 0.6) is 0 Å². The highest BCUT2D eigenvalue weighted by molar-refractivity contribution is 8.13. The molecule has 0 radical (unpaired) electrons. The Balaban J connectivity index is 0.000000215. The molecule has 23 heteroatoms. The van der Waals surface area contributed by atoms with Gasteiger partial charge < -0.3 is 34.4 Å². The molecule has 0 saturated heterocycles. The molecule has 0 aliphatic rings. The summed E-state index contributed by atoms with van der Waals surface area (Å²) < 4.78 is 47.0. The summed E-state index contributed by atoms with van der Waals surface area (Å²) in [6.07, 6.45) is 4.70. The number of hydrogen-bond acceptors (Lipinski definition) is 19. The van der Waals surface area contributed by atoms with Gasteiger partial charge in [0.25, 0.3) is 9.05 Å². The van der Waals surface area contributed by atoms with Crippen LogP contribution in [0.4, 0.5) is 35.3 Å². The number of hydrogen-bond donors (Lipinski definition) is 7. The first kappa shape index (κ1) is 52.5. The summed E-state index contributed by atoms with van der Waals surface area (Å²) in [5, 5.41) is 5.29. The molecule has 0 spiro atoms. The molecule has 0 aliphatic heterocycles. The lowest BCUT2D eigenvalue weighted by Crippen LogP contribution is -2.14. The monoisotopic (exact) mass is 999 g/mol. The van der Waals surface area contributed by atoms with Crippen molar-refractivity contribution in [2.24, 2.45) is 5.14 Å².